The number of ether oxygens (including phenoxy) is 2. The van der Waals surface area contributed by atoms with Gasteiger partial charge in [-0.1, -0.05) is 67.5 Å². The van der Waals surface area contributed by atoms with Gasteiger partial charge < -0.3 is 29.7 Å². The third-order valence-electron chi connectivity index (χ3n) is 8.64. The Bertz CT molecular complexity index is 1220. The largest absolute Gasteiger partial charge is 0.460 e. The summed E-state index contributed by atoms with van der Waals surface area (Å²) >= 11 is 0. The average Bonchev–Trinajstić information content (AvgIpc) is 3.36. The number of carbonyl (C=O) groups is 4. The van der Waals surface area contributed by atoms with Gasteiger partial charge in [-0.05, 0) is 31.7 Å². The van der Waals surface area contributed by atoms with Crippen molar-refractivity contribution < 1.29 is 33.8 Å². The number of nitrogens with zero attached hydrogens (tertiary/aromatic N) is 2. The van der Waals surface area contributed by atoms with E-state index in [2.05, 4.69) is 5.32 Å². The van der Waals surface area contributed by atoms with Crippen molar-refractivity contribution in [1.82, 2.24) is 15.1 Å². The van der Waals surface area contributed by atoms with E-state index in [0.717, 1.165) is 18.4 Å². The second-order valence-electron chi connectivity index (χ2n) is 11.6. The zero-order chi connectivity index (χ0) is 29.7. The van der Waals surface area contributed by atoms with Gasteiger partial charge in [-0.25, -0.2) is 0 Å². The summed E-state index contributed by atoms with van der Waals surface area (Å²) in [6.45, 7) is 3.07. The summed E-state index contributed by atoms with van der Waals surface area (Å²) in [6.07, 6.45) is 9.57. The van der Waals surface area contributed by atoms with Crippen molar-refractivity contribution in [3.05, 3.63) is 60.2 Å². The Kier molecular flexibility index (Phi) is 9.43. The van der Waals surface area contributed by atoms with Gasteiger partial charge in [-0.3, -0.25) is 19.2 Å². The number of esters is 1. The highest BCUT2D eigenvalue weighted by Gasteiger charge is 2.71. The Hall–Kier alpha value is -3.50. The van der Waals surface area contributed by atoms with Gasteiger partial charge in [0.2, 0.25) is 17.7 Å². The number of unbranched alkanes of at least 4 members (excludes halogenated alkanes) is 3. The fourth-order valence-corrected chi connectivity index (χ4v) is 6.64. The van der Waals surface area contributed by atoms with E-state index in [1.165, 1.54) is 0 Å². The van der Waals surface area contributed by atoms with Crippen molar-refractivity contribution in [3.8, 4) is 0 Å². The Labute approximate surface area is 246 Å². The number of fused-ring (bicyclic) bond motifs is 2. The van der Waals surface area contributed by atoms with Gasteiger partial charge in [0, 0.05) is 32.7 Å². The Morgan fingerprint density at radius 2 is 1.81 bits per heavy atom. The third-order valence-corrected chi connectivity index (χ3v) is 8.64. The second-order valence-corrected chi connectivity index (χ2v) is 11.6. The number of benzene rings is 1. The number of cyclic esters (lactones) is 1. The number of rotatable bonds is 8. The van der Waals surface area contributed by atoms with Gasteiger partial charge in [0.15, 0.2) is 0 Å². The van der Waals surface area contributed by atoms with Crippen LogP contribution in [0.2, 0.25) is 0 Å². The Morgan fingerprint density at radius 1 is 1.02 bits per heavy atom. The molecular formula is C32H41N3O7. The number of hydrogen-bond donors (Lipinski definition) is 2. The molecule has 2 fully saturated rings. The van der Waals surface area contributed by atoms with Crippen molar-refractivity contribution in [2.24, 2.45) is 11.8 Å². The van der Waals surface area contributed by atoms with Crippen molar-refractivity contribution in [2.75, 3.05) is 26.2 Å². The lowest BCUT2D eigenvalue weighted by molar-refractivity contribution is -0.158. The first kappa shape index (κ1) is 30.0. The van der Waals surface area contributed by atoms with E-state index in [1.807, 2.05) is 42.5 Å². The molecule has 10 heteroatoms. The molecule has 0 unspecified atom stereocenters. The fourth-order valence-electron chi connectivity index (χ4n) is 6.64. The SMILES string of the molecule is C[C@H]1CNC(=O)CC/C=C\[C@@H]2O[C@@]34C=CCN(Cc5ccccc5)C(=O)[C@@H]3N(CCCCCCO)C(=O)[C@H]4[C@@H]2C(=O)O1. The molecule has 42 heavy (non-hydrogen) atoms. The molecule has 1 aromatic rings. The monoisotopic (exact) mass is 579 g/mol. The second kappa shape index (κ2) is 13.2. The van der Waals surface area contributed by atoms with Crippen LogP contribution in [0.5, 0.6) is 0 Å². The smallest absolute Gasteiger partial charge is 0.313 e. The number of carbonyl (C=O) groups excluding carboxylic acids is 4. The van der Waals surface area contributed by atoms with Crippen molar-refractivity contribution >= 4 is 23.7 Å². The summed E-state index contributed by atoms with van der Waals surface area (Å²) in [5.41, 5.74) is -0.357. The van der Waals surface area contributed by atoms with Gasteiger partial charge in [0.1, 0.15) is 23.7 Å². The lowest BCUT2D eigenvalue weighted by atomic mass is 9.78. The van der Waals surface area contributed by atoms with E-state index >= 15 is 0 Å². The minimum atomic E-state index is -1.33. The van der Waals surface area contributed by atoms with Crippen LogP contribution in [0.25, 0.3) is 0 Å². The van der Waals surface area contributed by atoms with Crippen LogP contribution in [0, 0.1) is 11.8 Å². The number of nitrogens with one attached hydrogen (secondary N) is 1. The first-order valence-corrected chi connectivity index (χ1v) is 15.1. The number of allylic oxidation sites excluding steroid dienone is 1. The molecule has 4 aliphatic heterocycles. The number of hydrogen-bond acceptors (Lipinski definition) is 7. The van der Waals surface area contributed by atoms with Crippen LogP contribution in [0.4, 0.5) is 0 Å². The molecular weight excluding hydrogens is 538 g/mol. The highest BCUT2D eigenvalue weighted by atomic mass is 16.6. The molecule has 6 atom stereocenters. The van der Waals surface area contributed by atoms with Gasteiger partial charge in [-0.2, -0.15) is 0 Å². The number of likely N-dealkylation sites (tertiary alicyclic amines) is 1. The van der Waals surface area contributed by atoms with E-state index < -0.39 is 41.7 Å². The topological polar surface area (TPSA) is 125 Å². The molecule has 5 rings (SSSR count). The average molecular weight is 580 g/mol. The van der Waals surface area contributed by atoms with Crippen LogP contribution in [0.1, 0.15) is 51.0 Å². The summed E-state index contributed by atoms with van der Waals surface area (Å²) in [7, 11) is 0. The maximum atomic E-state index is 14.4. The summed E-state index contributed by atoms with van der Waals surface area (Å²) in [4.78, 5) is 57.9. The standard InChI is InChI=1S/C32H41N3O7/c1-22-20-33-25(37)15-8-7-14-24-26(31(40)41-22)27-29(38)35(18-9-2-3-10-19-36)28-30(39)34(17-11-16-32(27,28)42-24)21-23-12-5-4-6-13-23/h4-7,11-14,16,22,24,26-28,36H,2-3,8-10,15,17-21H2,1H3,(H,33,37)/b14-7-/t22-,24-,26+,27+,28-,32+/m0/s1. The number of amides is 3. The fraction of sp³-hybridized carbons (Fsp3) is 0.562. The molecule has 226 valence electrons. The highest BCUT2D eigenvalue weighted by Crippen LogP contribution is 2.53. The first-order valence-electron chi connectivity index (χ1n) is 15.1. The van der Waals surface area contributed by atoms with Crippen LogP contribution in [0.15, 0.2) is 54.6 Å². The molecule has 1 spiro atoms. The van der Waals surface area contributed by atoms with Gasteiger partial charge >= 0.3 is 5.97 Å². The molecule has 10 nitrogen and oxygen atoms in total. The molecule has 0 saturated carbocycles. The lowest BCUT2D eigenvalue weighted by Gasteiger charge is -2.35. The molecule has 2 N–H and O–H groups in total. The molecule has 4 aliphatic rings. The number of aliphatic hydroxyl groups excluding tert-OH is 1. The number of aliphatic hydroxyl groups is 1. The molecule has 0 bridgehead atoms. The van der Waals surface area contributed by atoms with Crippen molar-refractivity contribution in [2.45, 2.75) is 75.8 Å². The summed E-state index contributed by atoms with van der Waals surface area (Å²) in [5.74, 6) is -3.07. The maximum Gasteiger partial charge on any atom is 0.313 e. The van der Waals surface area contributed by atoms with Crippen LogP contribution in [-0.2, 0) is 35.2 Å². The molecule has 0 radical (unpaired) electrons. The summed E-state index contributed by atoms with van der Waals surface area (Å²) < 4.78 is 12.4. The molecule has 0 aliphatic carbocycles. The summed E-state index contributed by atoms with van der Waals surface area (Å²) in [5, 5.41) is 11.9. The van der Waals surface area contributed by atoms with Crippen LogP contribution in [-0.4, -0.2) is 88.7 Å². The molecule has 4 heterocycles. The van der Waals surface area contributed by atoms with E-state index in [-0.39, 0.29) is 37.3 Å². The van der Waals surface area contributed by atoms with E-state index in [1.54, 1.807) is 28.9 Å². The predicted octanol–water partition coefficient (Wildman–Crippen LogP) is 2.12. The van der Waals surface area contributed by atoms with Crippen molar-refractivity contribution in [1.29, 1.82) is 0 Å². The van der Waals surface area contributed by atoms with Crippen LogP contribution in [0.3, 0.4) is 0 Å². The van der Waals surface area contributed by atoms with E-state index in [4.69, 9.17) is 14.6 Å². The van der Waals surface area contributed by atoms with E-state index in [9.17, 15) is 19.2 Å². The zero-order valence-electron chi connectivity index (χ0n) is 24.2. The maximum absolute atomic E-state index is 14.4. The van der Waals surface area contributed by atoms with Gasteiger partial charge in [0.05, 0.1) is 18.6 Å². The van der Waals surface area contributed by atoms with Gasteiger partial charge in [0.25, 0.3) is 0 Å². The molecule has 3 amide bonds. The minimum absolute atomic E-state index is 0.114. The quantitative estimate of drug-likeness (QED) is 0.275. The Balaban J connectivity index is 1.50. The van der Waals surface area contributed by atoms with Crippen molar-refractivity contribution in [3.63, 3.8) is 0 Å². The summed E-state index contributed by atoms with van der Waals surface area (Å²) in [6, 6.07) is 8.78. The third kappa shape index (κ3) is 6.01. The first-order chi connectivity index (χ1) is 20.4. The van der Waals surface area contributed by atoms with E-state index in [0.29, 0.717) is 38.9 Å². The lowest BCUT2D eigenvalue weighted by Crippen LogP contribution is -2.55. The molecule has 0 aromatic heterocycles. The van der Waals surface area contributed by atoms with Crippen LogP contribution < -0.4 is 5.32 Å². The zero-order valence-corrected chi connectivity index (χ0v) is 24.2. The normalized spacial score (nSPS) is 32.2. The highest BCUT2D eigenvalue weighted by molar-refractivity contribution is 5.99. The van der Waals surface area contributed by atoms with Crippen LogP contribution >= 0.6 is 0 Å². The Morgan fingerprint density at radius 3 is 2.60 bits per heavy atom. The van der Waals surface area contributed by atoms with Gasteiger partial charge in [-0.15, -0.1) is 0 Å². The molecule has 2 saturated heterocycles. The predicted molar refractivity (Wildman–Crippen MR) is 154 cm³/mol. The minimum Gasteiger partial charge on any atom is -0.460 e. The molecule has 1 aromatic carbocycles.